The number of fused-ring (bicyclic) bond motifs is 10. The predicted molar refractivity (Wildman–Crippen MR) is 154 cm³/mol. The number of rotatable bonds is 1. The lowest BCUT2D eigenvalue weighted by Crippen LogP contribution is -2.12. The van der Waals surface area contributed by atoms with Crippen LogP contribution >= 0.6 is 0 Å². The predicted octanol–water partition coefficient (Wildman–Crippen LogP) is 8.29. The van der Waals surface area contributed by atoms with Crippen LogP contribution in [0, 0.1) is 0 Å². The summed E-state index contributed by atoms with van der Waals surface area (Å²) in [6.45, 7) is 0. The first-order chi connectivity index (χ1) is 18.8. The molecule has 5 heteroatoms. The highest BCUT2D eigenvalue weighted by molar-refractivity contribution is 6.14. The molecule has 1 aliphatic heterocycles. The molecule has 8 bridgehead atoms. The van der Waals surface area contributed by atoms with Gasteiger partial charge in [0, 0.05) is 45.0 Å². The van der Waals surface area contributed by atoms with E-state index in [0.717, 1.165) is 67.1 Å². The number of pyridine rings is 1. The van der Waals surface area contributed by atoms with E-state index in [0.29, 0.717) is 5.82 Å². The minimum absolute atomic E-state index is 0.695. The van der Waals surface area contributed by atoms with Gasteiger partial charge >= 0.3 is 0 Å². The molecule has 0 atom stereocenters. The van der Waals surface area contributed by atoms with Gasteiger partial charge in [0.1, 0.15) is 5.82 Å². The van der Waals surface area contributed by atoms with Crippen molar-refractivity contribution in [3.8, 4) is 33.9 Å². The number of para-hydroxylation sites is 3. The molecule has 0 radical (unpaired) electrons. The Kier molecular flexibility index (Phi) is 4.45. The van der Waals surface area contributed by atoms with Crippen molar-refractivity contribution < 1.29 is 0 Å². The highest BCUT2D eigenvalue weighted by Gasteiger charge is 2.19. The lowest BCUT2D eigenvalue weighted by atomic mass is 10.0. The van der Waals surface area contributed by atoms with Gasteiger partial charge in [0.2, 0.25) is 0 Å². The lowest BCUT2D eigenvalue weighted by molar-refractivity contribution is 1.17. The van der Waals surface area contributed by atoms with Crippen LogP contribution in [0.1, 0.15) is 0 Å². The summed E-state index contributed by atoms with van der Waals surface area (Å²) in [5.41, 5.74) is 8.95. The van der Waals surface area contributed by atoms with Gasteiger partial charge in [0.15, 0.2) is 5.82 Å². The Morgan fingerprint density at radius 2 is 1.29 bits per heavy atom. The van der Waals surface area contributed by atoms with Crippen LogP contribution < -0.4 is 4.90 Å². The number of hydrogen-bond donors (Lipinski definition) is 1. The zero-order chi connectivity index (χ0) is 25.1. The molecule has 178 valence electrons. The molecule has 4 heterocycles. The third kappa shape index (κ3) is 3.15. The van der Waals surface area contributed by atoms with E-state index in [4.69, 9.17) is 9.97 Å². The van der Waals surface area contributed by atoms with Gasteiger partial charge in [0.25, 0.3) is 0 Å². The standard InChI is InChI=1S/C33H21N5/c1-2-9-22(10-3-1)38-23-11-4-8-21(20-23)28-18-19-34-33(36-28)27-15-6-13-25-24-12-5-14-26(31(24)37-32(25)27)29-16-7-17-30(38)35-29/h1-20,37H. The second-order valence-corrected chi connectivity index (χ2v) is 9.45. The van der Waals surface area contributed by atoms with E-state index in [1.807, 2.05) is 18.3 Å². The molecule has 3 aromatic heterocycles. The number of hydrogen-bond acceptors (Lipinski definition) is 4. The third-order valence-electron chi connectivity index (χ3n) is 7.22. The van der Waals surface area contributed by atoms with Crippen molar-refractivity contribution in [2.45, 2.75) is 0 Å². The molecule has 38 heavy (non-hydrogen) atoms. The van der Waals surface area contributed by atoms with E-state index in [-0.39, 0.29) is 0 Å². The number of nitrogens with zero attached hydrogens (tertiary/aromatic N) is 4. The molecule has 0 spiro atoms. The van der Waals surface area contributed by atoms with E-state index in [2.05, 4.69) is 118 Å². The Hall–Kier alpha value is -5.29. The summed E-state index contributed by atoms with van der Waals surface area (Å²) >= 11 is 0. The largest absolute Gasteiger partial charge is 0.353 e. The highest BCUT2D eigenvalue weighted by Crippen LogP contribution is 2.39. The molecule has 0 amide bonds. The maximum absolute atomic E-state index is 5.21. The maximum Gasteiger partial charge on any atom is 0.161 e. The van der Waals surface area contributed by atoms with Crippen molar-refractivity contribution in [3.63, 3.8) is 0 Å². The number of aromatic amines is 1. The fourth-order valence-electron chi connectivity index (χ4n) is 5.49. The van der Waals surface area contributed by atoms with Crippen LogP contribution in [-0.2, 0) is 0 Å². The van der Waals surface area contributed by atoms with Crippen LogP contribution in [0.5, 0.6) is 0 Å². The van der Waals surface area contributed by atoms with Gasteiger partial charge in [-0.15, -0.1) is 0 Å². The quantitative estimate of drug-likeness (QED) is 0.253. The van der Waals surface area contributed by atoms with Crippen molar-refractivity contribution in [2.24, 2.45) is 0 Å². The van der Waals surface area contributed by atoms with E-state index in [1.54, 1.807) is 0 Å². The molecule has 1 N–H and O–H groups in total. The third-order valence-corrected chi connectivity index (χ3v) is 7.22. The molecular formula is C33H21N5. The molecule has 0 saturated carbocycles. The Labute approximate surface area is 219 Å². The molecule has 8 rings (SSSR count). The topological polar surface area (TPSA) is 57.7 Å². The maximum atomic E-state index is 5.21. The number of benzene rings is 4. The van der Waals surface area contributed by atoms with Crippen molar-refractivity contribution >= 4 is 39.0 Å². The molecule has 5 nitrogen and oxygen atoms in total. The molecule has 0 fully saturated rings. The summed E-state index contributed by atoms with van der Waals surface area (Å²) < 4.78 is 0. The minimum Gasteiger partial charge on any atom is -0.353 e. The molecule has 4 aromatic carbocycles. The Morgan fingerprint density at radius 1 is 0.553 bits per heavy atom. The van der Waals surface area contributed by atoms with Gasteiger partial charge in [-0.2, -0.15) is 0 Å². The Morgan fingerprint density at radius 3 is 2.16 bits per heavy atom. The second-order valence-electron chi connectivity index (χ2n) is 9.45. The van der Waals surface area contributed by atoms with Gasteiger partial charge in [-0.05, 0) is 48.5 Å². The van der Waals surface area contributed by atoms with Gasteiger partial charge in [-0.1, -0.05) is 66.7 Å². The average Bonchev–Trinajstić information content (AvgIpc) is 3.37. The van der Waals surface area contributed by atoms with Gasteiger partial charge in [-0.3, -0.25) is 4.90 Å². The molecule has 7 aromatic rings. The average molecular weight is 488 g/mol. The van der Waals surface area contributed by atoms with Crippen molar-refractivity contribution in [3.05, 3.63) is 121 Å². The minimum atomic E-state index is 0.695. The summed E-state index contributed by atoms with van der Waals surface area (Å²) in [6, 6.07) is 39.7. The first-order valence-corrected chi connectivity index (χ1v) is 12.6. The van der Waals surface area contributed by atoms with Crippen molar-refractivity contribution in [1.82, 2.24) is 19.9 Å². The van der Waals surface area contributed by atoms with E-state index in [9.17, 15) is 0 Å². The number of nitrogens with one attached hydrogen (secondary N) is 1. The van der Waals surface area contributed by atoms with Crippen LogP contribution in [0.25, 0.3) is 55.7 Å². The van der Waals surface area contributed by atoms with Gasteiger partial charge < -0.3 is 4.98 Å². The summed E-state index contributed by atoms with van der Waals surface area (Å²) in [6.07, 6.45) is 1.84. The fourth-order valence-corrected chi connectivity index (χ4v) is 5.49. The van der Waals surface area contributed by atoms with E-state index >= 15 is 0 Å². The number of anilines is 3. The molecule has 0 aliphatic carbocycles. The zero-order valence-electron chi connectivity index (χ0n) is 20.3. The summed E-state index contributed by atoms with van der Waals surface area (Å²) in [5, 5.41) is 2.30. The summed E-state index contributed by atoms with van der Waals surface area (Å²) in [7, 11) is 0. The molecular weight excluding hydrogens is 466 g/mol. The first kappa shape index (κ1) is 20.9. The van der Waals surface area contributed by atoms with Crippen LogP contribution in [0.4, 0.5) is 17.2 Å². The zero-order valence-corrected chi connectivity index (χ0v) is 20.3. The van der Waals surface area contributed by atoms with Crippen LogP contribution in [0.15, 0.2) is 121 Å². The second kappa shape index (κ2) is 8.11. The number of aromatic nitrogens is 4. The van der Waals surface area contributed by atoms with Crippen molar-refractivity contribution in [1.29, 1.82) is 0 Å². The Bertz CT molecular complexity index is 1990. The summed E-state index contributed by atoms with van der Waals surface area (Å²) in [5.74, 6) is 1.54. The van der Waals surface area contributed by atoms with Crippen LogP contribution in [0.2, 0.25) is 0 Å². The van der Waals surface area contributed by atoms with Crippen molar-refractivity contribution in [2.75, 3.05) is 4.90 Å². The van der Waals surface area contributed by atoms with Gasteiger partial charge in [0.05, 0.1) is 22.4 Å². The Balaban J connectivity index is 1.51. The fraction of sp³-hybridized carbons (Fsp3) is 0. The smallest absolute Gasteiger partial charge is 0.161 e. The molecule has 0 unspecified atom stereocenters. The van der Waals surface area contributed by atoms with E-state index < -0.39 is 0 Å². The van der Waals surface area contributed by atoms with Crippen LogP contribution in [-0.4, -0.2) is 19.9 Å². The van der Waals surface area contributed by atoms with Gasteiger partial charge in [-0.25, -0.2) is 15.0 Å². The molecule has 1 aliphatic rings. The molecule has 0 saturated heterocycles. The first-order valence-electron chi connectivity index (χ1n) is 12.6. The number of H-pyrrole nitrogens is 1. The van der Waals surface area contributed by atoms with Crippen LogP contribution in [0.3, 0.4) is 0 Å². The normalized spacial score (nSPS) is 12.2. The summed E-state index contributed by atoms with van der Waals surface area (Å²) in [4.78, 5) is 20.8. The SMILES string of the molecule is c1ccc(N2c3cccc(c3)-c3ccnc(n3)-c3cccc4c3[nH]c3c(cccc34)-c3cccc2n3)cc1. The van der Waals surface area contributed by atoms with E-state index in [1.165, 1.54) is 0 Å². The monoisotopic (exact) mass is 487 g/mol. The highest BCUT2D eigenvalue weighted by atomic mass is 15.2. The lowest BCUT2D eigenvalue weighted by Gasteiger charge is -2.25.